The Morgan fingerprint density at radius 3 is 2.78 bits per heavy atom. The molecule has 0 aromatic carbocycles. The third-order valence-electron chi connectivity index (χ3n) is 3.00. The standard InChI is InChI=1S/C14H19NOS2/c1-3-12-4-5-14(18-12)10(2)15-8-13(16)11-6-7-17-9-11/h4-7,9-10,13,15-16H,3,8H2,1-2H3. The lowest BCUT2D eigenvalue weighted by Gasteiger charge is -2.15. The fraction of sp³-hybridized carbons (Fsp3) is 0.429. The minimum absolute atomic E-state index is 0.295. The first-order valence-corrected chi connectivity index (χ1v) is 7.98. The predicted octanol–water partition coefficient (Wildman–Crippen LogP) is 3.76. The zero-order valence-corrected chi connectivity index (χ0v) is 12.4. The number of hydrogen-bond acceptors (Lipinski definition) is 4. The van der Waals surface area contributed by atoms with Crippen molar-refractivity contribution in [2.75, 3.05) is 6.54 Å². The number of rotatable bonds is 6. The van der Waals surface area contributed by atoms with Crippen molar-refractivity contribution in [1.82, 2.24) is 5.32 Å². The van der Waals surface area contributed by atoms with Crippen LogP contribution in [0.4, 0.5) is 0 Å². The van der Waals surface area contributed by atoms with Gasteiger partial charge in [0, 0.05) is 22.3 Å². The molecule has 0 saturated carbocycles. The molecule has 0 fully saturated rings. The molecule has 2 nitrogen and oxygen atoms in total. The van der Waals surface area contributed by atoms with E-state index in [0.29, 0.717) is 12.6 Å². The van der Waals surface area contributed by atoms with Crippen LogP contribution in [0.2, 0.25) is 0 Å². The second-order valence-electron chi connectivity index (χ2n) is 4.36. The van der Waals surface area contributed by atoms with Crippen LogP contribution in [0.25, 0.3) is 0 Å². The summed E-state index contributed by atoms with van der Waals surface area (Å²) in [6.07, 6.45) is 0.680. The van der Waals surface area contributed by atoms with Crippen molar-refractivity contribution in [3.63, 3.8) is 0 Å². The largest absolute Gasteiger partial charge is 0.387 e. The third-order valence-corrected chi connectivity index (χ3v) is 5.12. The lowest BCUT2D eigenvalue weighted by molar-refractivity contribution is 0.171. The molecule has 2 aromatic heterocycles. The van der Waals surface area contributed by atoms with Crippen LogP contribution >= 0.6 is 22.7 Å². The molecule has 0 aliphatic carbocycles. The summed E-state index contributed by atoms with van der Waals surface area (Å²) in [6.45, 7) is 4.91. The van der Waals surface area contributed by atoms with Gasteiger partial charge in [-0.2, -0.15) is 11.3 Å². The molecular formula is C14H19NOS2. The Kier molecular flexibility index (Phi) is 4.95. The van der Waals surface area contributed by atoms with Crippen LogP contribution in [-0.2, 0) is 6.42 Å². The Hall–Kier alpha value is -0.680. The molecule has 4 heteroatoms. The lowest BCUT2D eigenvalue weighted by atomic mass is 10.2. The zero-order valence-electron chi connectivity index (χ0n) is 10.7. The van der Waals surface area contributed by atoms with Crippen molar-refractivity contribution in [2.45, 2.75) is 32.4 Å². The highest BCUT2D eigenvalue weighted by Gasteiger charge is 2.12. The minimum atomic E-state index is -0.413. The quantitative estimate of drug-likeness (QED) is 0.845. The van der Waals surface area contributed by atoms with E-state index in [-0.39, 0.29) is 0 Å². The molecule has 2 aromatic rings. The number of hydrogen-bond donors (Lipinski definition) is 2. The normalized spacial score (nSPS) is 14.6. The summed E-state index contributed by atoms with van der Waals surface area (Å²) in [5.41, 5.74) is 1.00. The van der Waals surface area contributed by atoms with E-state index in [2.05, 4.69) is 31.3 Å². The number of aryl methyl sites for hydroxylation is 1. The molecule has 0 amide bonds. The van der Waals surface area contributed by atoms with Gasteiger partial charge in [-0.3, -0.25) is 0 Å². The van der Waals surface area contributed by atoms with E-state index in [9.17, 15) is 5.11 Å². The predicted molar refractivity (Wildman–Crippen MR) is 79.4 cm³/mol. The molecule has 0 radical (unpaired) electrons. The molecule has 0 bridgehead atoms. The van der Waals surface area contributed by atoms with Gasteiger partial charge < -0.3 is 10.4 Å². The Labute approximate surface area is 116 Å². The maximum atomic E-state index is 10.0. The molecule has 98 valence electrons. The van der Waals surface area contributed by atoms with Crippen LogP contribution in [-0.4, -0.2) is 11.7 Å². The molecule has 0 saturated heterocycles. The van der Waals surface area contributed by atoms with Crippen LogP contribution in [0.15, 0.2) is 29.0 Å². The minimum Gasteiger partial charge on any atom is -0.387 e. The fourth-order valence-electron chi connectivity index (χ4n) is 1.79. The highest BCUT2D eigenvalue weighted by molar-refractivity contribution is 7.12. The molecule has 0 spiro atoms. The average Bonchev–Trinajstić information content (AvgIpc) is 3.05. The second-order valence-corrected chi connectivity index (χ2v) is 6.34. The van der Waals surface area contributed by atoms with E-state index in [1.54, 1.807) is 11.3 Å². The molecule has 18 heavy (non-hydrogen) atoms. The van der Waals surface area contributed by atoms with E-state index in [0.717, 1.165) is 12.0 Å². The van der Waals surface area contributed by atoms with Gasteiger partial charge in [-0.1, -0.05) is 6.92 Å². The molecule has 2 heterocycles. The topological polar surface area (TPSA) is 32.3 Å². The van der Waals surface area contributed by atoms with Gasteiger partial charge in [-0.05, 0) is 47.9 Å². The highest BCUT2D eigenvalue weighted by Crippen LogP contribution is 2.24. The van der Waals surface area contributed by atoms with Gasteiger partial charge in [-0.25, -0.2) is 0 Å². The maximum absolute atomic E-state index is 10.0. The van der Waals surface area contributed by atoms with Crippen molar-refractivity contribution < 1.29 is 5.11 Å². The summed E-state index contributed by atoms with van der Waals surface area (Å²) in [6, 6.07) is 6.64. The van der Waals surface area contributed by atoms with Crippen molar-refractivity contribution >= 4 is 22.7 Å². The first-order chi connectivity index (χ1) is 8.70. The molecule has 0 aliphatic rings. The smallest absolute Gasteiger partial charge is 0.0922 e. The molecule has 2 unspecified atom stereocenters. The van der Waals surface area contributed by atoms with E-state index >= 15 is 0 Å². The van der Waals surface area contributed by atoms with Gasteiger partial charge in [0.15, 0.2) is 0 Å². The van der Waals surface area contributed by atoms with Crippen LogP contribution in [0.3, 0.4) is 0 Å². The van der Waals surface area contributed by atoms with Crippen LogP contribution in [0.1, 0.15) is 41.3 Å². The van der Waals surface area contributed by atoms with Crippen molar-refractivity contribution in [2.24, 2.45) is 0 Å². The van der Waals surface area contributed by atoms with Gasteiger partial charge in [0.05, 0.1) is 6.10 Å². The van der Waals surface area contributed by atoms with E-state index in [4.69, 9.17) is 0 Å². The lowest BCUT2D eigenvalue weighted by Crippen LogP contribution is -2.23. The monoisotopic (exact) mass is 281 g/mol. The number of nitrogens with one attached hydrogen (secondary N) is 1. The van der Waals surface area contributed by atoms with Gasteiger partial charge in [0.2, 0.25) is 0 Å². The molecular weight excluding hydrogens is 262 g/mol. The Bertz CT molecular complexity index is 464. The first kappa shape index (κ1) is 13.7. The van der Waals surface area contributed by atoms with E-state index < -0.39 is 6.10 Å². The summed E-state index contributed by atoms with van der Waals surface area (Å²) >= 11 is 3.47. The summed E-state index contributed by atoms with van der Waals surface area (Å²) in [5.74, 6) is 0. The highest BCUT2D eigenvalue weighted by atomic mass is 32.1. The van der Waals surface area contributed by atoms with Gasteiger partial charge in [-0.15, -0.1) is 11.3 Å². The van der Waals surface area contributed by atoms with Gasteiger partial charge >= 0.3 is 0 Å². The second kappa shape index (κ2) is 6.48. The van der Waals surface area contributed by atoms with Crippen molar-refractivity contribution in [3.05, 3.63) is 44.3 Å². The van der Waals surface area contributed by atoms with Gasteiger partial charge in [0.25, 0.3) is 0 Å². The number of thiophene rings is 2. The number of aliphatic hydroxyl groups excluding tert-OH is 1. The fourth-order valence-corrected chi connectivity index (χ4v) is 3.48. The van der Waals surface area contributed by atoms with E-state index in [1.807, 2.05) is 28.2 Å². The molecule has 2 atom stereocenters. The summed E-state index contributed by atoms with van der Waals surface area (Å²) in [5, 5.41) is 17.4. The average molecular weight is 281 g/mol. The Balaban J connectivity index is 1.86. The van der Waals surface area contributed by atoms with Crippen LogP contribution < -0.4 is 5.32 Å². The van der Waals surface area contributed by atoms with Crippen molar-refractivity contribution in [1.29, 1.82) is 0 Å². The summed E-state index contributed by atoms with van der Waals surface area (Å²) in [4.78, 5) is 2.75. The van der Waals surface area contributed by atoms with Crippen LogP contribution in [0, 0.1) is 0 Å². The number of aliphatic hydroxyl groups is 1. The Morgan fingerprint density at radius 1 is 1.33 bits per heavy atom. The van der Waals surface area contributed by atoms with Crippen LogP contribution in [0.5, 0.6) is 0 Å². The zero-order chi connectivity index (χ0) is 13.0. The summed E-state index contributed by atoms with van der Waals surface area (Å²) < 4.78 is 0. The molecule has 0 aliphatic heterocycles. The first-order valence-electron chi connectivity index (χ1n) is 6.23. The van der Waals surface area contributed by atoms with Gasteiger partial charge in [0.1, 0.15) is 0 Å². The van der Waals surface area contributed by atoms with Crippen molar-refractivity contribution in [3.8, 4) is 0 Å². The Morgan fingerprint density at radius 2 is 2.17 bits per heavy atom. The molecule has 2 N–H and O–H groups in total. The van der Waals surface area contributed by atoms with E-state index in [1.165, 1.54) is 9.75 Å². The molecule has 2 rings (SSSR count). The maximum Gasteiger partial charge on any atom is 0.0922 e. The third kappa shape index (κ3) is 3.42. The SMILES string of the molecule is CCc1ccc(C(C)NCC(O)c2ccsc2)s1. The summed E-state index contributed by atoms with van der Waals surface area (Å²) in [7, 11) is 0.